The molecule has 2 fully saturated rings. The molecule has 0 saturated heterocycles. The fourth-order valence-corrected chi connectivity index (χ4v) is 5.86. The van der Waals surface area contributed by atoms with Gasteiger partial charge in [0.1, 0.15) is 5.82 Å². The van der Waals surface area contributed by atoms with E-state index < -0.39 is 17.5 Å². The number of benzene rings is 2. The van der Waals surface area contributed by atoms with E-state index >= 15 is 4.39 Å². The predicted octanol–water partition coefficient (Wildman–Crippen LogP) is 8.10. The monoisotopic (exact) mass is 480 g/mol. The second kappa shape index (κ2) is 12.0. The van der Waals surface area contributed by atoms with Crippen molar-refractivity contribution < 1.29 is 17.9 Å². The third-order valence-electron chi connectivity index (χ3n) is 7.72. The Kier molecular flexibility index (Phi) is 8.74. The molecule has 0 bridgehead atoms. The molecule has 0 heterocycles. The van der Waals surface area contributed by atoms with Crippen LogP contribution in [-0.4, -0.2) is 12.7 Å². The number of fused-ring (bicyclic) bond motifs is 1. The van der Waals surface area contributed by atoms with Gasteiger partial charge in [-0.2, -0.15) is 0 Å². The van der Waals surface area contributed by atoms with E-state index in [0.717, 1.165) is 63.5 Å². The fraction of sp³-hybridized carbons (Fsp3) is 0.484. The minimum Gasteiger partial charge on any atom is -0.378 e. The summed E-state index contributed by atoms with van der Waals surface area (Å²) in [6, 6.07) is 8.12. The Balaban J connectivity index is 1.45. The number of hydrogen-bond acceptors (Lipinski definition) is 1. The number of hydrogen-bond donors (Lipinski definition) is 0. The van der Waals surface area contributed by atoms with Gasteiger partial charge in [0.05, 0.1) is 17.2 Å². The van der Waals surface area contributed by atoms with Crippen molar-refractivity contribution in [2.75, 3.05) is 6.61 Å². The van der Waals surface area contributed by atoms with Crippen molar-refractivity contribution in [3.63, 3.8) is 0 Å². The van der Waals surface area contributed by atoms with E-state index in [2.05, 4.69) is 11.8 Å². The lowest BCUT2D eigenvalue weighted by atomic mass is 9.65. The van der Waals surface area contributed by atoms with Crippen LogP contribution >= 0.6 is 0 Å². The molecule has 4 unspecified atom stereocenters. The Morgan fingerprint density at radius 3 is 2.43 bits per heavy atom. The summed E-state index contributed by atoms with van der Waals surface area (Å²) in [5.41, 5.74) is 1.49. The molecular formula is C31H35F3O. The van der Waals surface area contributed by atoms with Crippen LogP contribution < -0.4 is 0 Å². The first-order valence-corrected chi connectivity index (χ1v) is 13.0. The second-order valence-corrected chi connectivity index (χ2v) is 9.92. The highest BCUT2D eigenvalue weighted by molar-refractivity contribution is 5.46. The van der Waals surface area contributed by atoms with E-state index in [1.54, 1.807) is 18.2 Å². The molecule has 4 rings (SSSR count). The van der Waals surface area contributed by atoms with Gasteiger partial charge in [-0.3, -0.25) is 0 Å². The van der Waals surface area contributed by atoms with Crippen molar-refractivity contribution in [1.29, 1.82) is 0 Å². The van der Waals surface area contributed by atoms with Gasteiger partial charge in [-0.1, -0.05) is 36.1 Å². The molecule has 0 aliphatic heterocycles. The lowest BCUT2D eigenvalue weighted by Crippen LogP contribution is -2.34. The first-order chi connectivity index (χ1) is 17.0. The average Bonchev–Trinajstić information content (AvgIpc) is 2.86. The highest BCUT2D eigenvalue weighted by Gasteiger charge is 2.37. The van der Waals surface area contributed by atoms with E-state index in [-0.39, 0.29) is 17.0 Å². The molecule has 4 heteroatoms. The van der Waals surface area contributed by atoms with Crippen LogP contribution in [0.5, 0.6) is 0 Å². The zero-order chi connectivity index (χ0) is 24.8. The molecule has 35 heavy (non-hydrogen) atoms. The van der Waals surface area contributed by atoms with Crippen LogP contribution in [0.1, 0.15) is 87.0 Å². The van der Waals surface area contributed by atoms with Crippen molar-refractivity contribution in [2.45, 2.75) is 77.2 Å². The number of aryl methyl sites for hydroxylation is 1. The normalized spacial score (nSPS) is 24.1. The van der Waals surface area contributed by atoms with Gasteiger partial charge in [-0.05, 0) is 112 Å². The standard InChI is InChI=1S/C31H35F3O/c1-3-5-6-7-21-8-9-22(29(32)18-21)10-11-23-15-17-28(31(34)30(23)33)26-13-12-25-20-27(35-4-2)16-14-24(25)19-26/h3,5,8-9,15,17-18,24-27H,4,6-7,12-14,16,19-20H2,1-2H3/b5-3+. The second-order valence-electron chi connectivity index (χ2n) is 9.92. The number of allylic oxidation sites excluding steroid dienone is 2. The highest BCUT2D eigenvalue weighted by atomic mass is 19.2. The topological polar surface area (TPSA) is 9.23 Å². The molecule has 2 aliphatic carbocycles. The summed E-state index contributed by atoms with van der Waals surface area (Å²) in [7, 11) is 0. The van der Waals surface area contributed by atoms with Crippen LogP contribution in [0.4, 0.5) is 13.2 Å². The molecule has 4 atom stereocenters. The Morgan fingerprint density at radius 1 is 0.914 bits per heavy atom. The Bertz CT molecular complexity index is 1110. The van der Waals surface area contributed by atoms with Crippen molar-refractivity contribution in [1.82, 2.24) is 0 Å². The zero-order valence-electron chi connectivity index (χ0n) is 20.8. The molecule has 0 radical (unpaired) electrons. The van der Waals surface area contributed by atoms with E-state index in [0.29, 0.717) is 23.5 Å². The average molecular weight is 481 g/mol. The molecule has 2 aromatic rings. The largest absolute Gasteiger partial charge is 0.378 e. The molecule has 1 nitrogen and oxygen atoms in total. The number of ether oxygens (including phenoxy) is 1. The molecule has 2 aliphatic rings. The van der Waals surface area contributed by atoms with E-state index in [4.69, 9.17) is 4.74 Å². The SMILES string of the molecule is C/C=C/CCc1ccc(C#Cc2ccc(C3CCC4CC(OCC)CCC4C3)c(F)c2F)c(F)c1. The van der Waals surface area contributed by atoms with Gasteiger partial charge in [-0.25, -0.2) is 13.2 Å². The quantitative estimate of drug-likeness (QED) is 0.300. The smallest absolute Gasteiger partial charge is 0.174 e. The van der Waals surface area contributed by atoms with Gasteiger partial charge < -0.3 is 4.74 Å². The maximum Gasteiger partial charge on any atom is 0.174 e. The highest BCUT2D eigenvalue weighted by Crippen LogP contribution is 2.47. The molecule has 0 spiro atoms. The third-order valence-corrected chi connectivity index (χ3v) is 7.72. The van der Waals surface area contributed by atoms with Crippen LogP contribution in [0, 0.1) is 41.1 Å². The Hall–Kier alpha value is -2.51. The van der Waals surface area contributed by atoms with Crippen LogP contribution in [0.15, 0.2) is 42.5 Å². The van der Waals surface area contributed by atoms with E-state index in [1.165, 1.54) is 6.07 Å². The van der Waals surface area contributed by atoms with Crippen LogP contribution in [0.25, 0.3) is 0 Å². The number of halogens is 3. The molecule has 2 aromatic carbocycles. The predicted molar refractivity (Wildman–Crippen MR) is 135 cm³/mol. The van der Waals surface area contributed by atoms with Crippen molar-refractivity contribution >= 4 is 0 Å². The van der Waals surface area contributed by atoms with E-state index in [1.807, 2.05) is 32.1 Å². The van der Waals surface area contributed by atoms with Gasteiger partial charge in [-0.15, -0.1) is 0 Å². The summed E-state index contributed by atoms with van der Waals surface area (Å²) >= 11 is 0. The molecule has 0 amide bonds. The van der Waals surface area contributed by atoms with Gasteiger partial charge in [0.15, 0.2) is 11.6 Å². The first-order valence-electron chi connectivity index (χ1n) is 13.0. The summed E-state index contributed by atoms with van der Waals surface area (Å²) in [5, 5.41) is 0. The Labute approximate surface area is 207 Å². The van der Waals surface area contributed by atoms with Gasteiger partial charge in [0.25, 0.3) is 0 Å². The summed E-state index contributed by atoms with van der Waals surface area (Å²) in [5.74, 6) is 4.36. The third kappa shape index (κ3) is 6.19. The minimum absolute atomic E-state index is 0.0314. The van der Waals surface area contributed by atoms with Crippen LogP contribution in [-0.2, 0) is 11.2 Å². The lowest BCUT2D eigenvalue weighted by molar-refractivity contribution is -0.00970. The maximum atomic E-state index is 15.1. The molecule has 0 N–H and O–H groups in total. The summed E-state index contributed by atoms with van der Waals surface area (Å²) < 4.78 is 50.3. The van der Waals surface area contributed by atoms with Crippen molar-refractivity contribution in [2.24, 2.45) is 11.8 Å². The zero-order valence-corrected chi connectivity index (χ0v) is 20.8. The Morgan fingerprint density at radius 2 is 1.66 bits per heavy atom. The van der Waals surface area contributed by atoms with Gasteiger partial charge >= 0.3 is 0 Å². The van der Waals surface area contributed by atoms with Crippen LogP contribution in [0.3, 0.4) is 0 Å². The maximum absolute atomic E-state index is 15.1. The van der Waals surface area contributed by atoms with Gasteiger partial charge in [0, 0.05) is 6.61 Å². The van der Waals surface area contributed by atoms with Crippen LogP contribution in [0.2, 0.25) is 0 Å². The van der Waals surface area contributed by atoms with Crippen molar-refractivity contribution in [3.05, 3.63) is 82.2 Å². The fourth-order valence-electron chi connectivity index (χ4n) is 5.86. The molecule has 186 valence electrons. The minimum atomic E-state index is -0.930. The summed E-state index contributed by atoms with van der Waals surface area (Å²) in [6.45, 7) is 4.74. The molecule has 2 saturated carbocycles. The molecular weight excluding hydrogens is 445 g/mol. The van der Waals surface area contributed by atoms with E-state index in [9.17, 15) is 8.78 Å². The number of rotatable bonds is 6. The summed E-state index contributed by atoms with van der Waals surface area (Å²) in [4.78, 5) is 0. The first kappa shape index (κ1) is 25.6. The lowest BCUT2D eigenvalue weighted by Gasteiger charge is -2.42. The summed E-state index contributed by atoms with van der Waals surface area (Å²) in [6.07, 6.45) is 12.0. The van der Waals surface area contributed by atoms with Crippen molar-refractivity contribution in [3.8, 4) is 11.8 Å². The van der Waals surface area contributed by atoms with Gasteiger partial charge in [0.2, 0.25) is 0 Å². The molecule has 0 aromatic heterocycles.